The van der Waals surface area contributed by atoms with E-state index >= 15 is 0 Å². The van der Waals surface area contributed by atoms with Gasteiger partial charge in [-0.2, -0.15) is 0 Å². The van der Waals surface area contributed by atoms with Gasteiger partial charge in [0.15, 0.2) is 5.78 Å². The van der Waals surface area contributed by atoms with Gasteiger partial charge in [-0.25, -0.2) is 0 Å². The molecule has 15 heavy (non-hydrogen) atoms. The number of thiophene rings is 1. The highest BCUT2D eigenvalue weighted by Crippen LogP contribution is 2.18. The van der Waals surface area contributed by atoms with E-state index in [2.05, 4.69) is 6.07 Å². The highest BCUT2D eigenvalue weighted by molar-refractivity contribution is 7.09. The number of ketones is 1. The molecule has 0 unspecified atom stereocenters. The van der Waals surface area contributed by atoms with Gasteiger partial charge in [-0.15, -0.1) is 11.3 Å². The first-order valence-electron chi connectivity index (χ1n) is 5.47. The number of rotatable bonds is 6. The Morgan fingerprint density at radius 2 is 2.13 bits per heavy atom. The van der Waals surface area contributed by atoms with Crippen LogP contribution in [0.15, 0.2) is 17.5 Å². The molecule has 1 aromatic rings. The third kappa shape index (κ3) is 3.14. The van der Waals surface area contributed by atoms with Gasteiger partial charge in [-0.05, 0) is 30.7 Å². The minimum Gasteiger partial charge on any atom is -0.319 e. The lowest BCUT2D eigenvalue weighted by Gasteiger charge is -2.24. The molecule has 0 aliphatic carbocycles. The van der Waals surface area contributed by atoms with Crippen molar-refractivity contribution in [1.82, 2.24) is 0 Å². The van der Waals surface area contributed by atoms with Gasteiger partial charge in [-0.1, -0.05) is 19.9 Å². The molecule has 3 heteroatoms. The molecule has 0 amide bonds. The van der Waals surface area contributed by atoms with Crippen molar-refractivity contribution in [2.24, 2.45) is 5.73 Å². The van der Waals surface area contributed by atoms with Crippen molar-refractivity contribution >= 4 is 17.1 Å². The van der Waals surface area contributed by atoms with Gasteiger partial charge in [0.05, 0.1) is 5.54 Å². The van der Waals surface area contributed by atoms with Crippen LogP contribution in [0.5, 0.6) is 0 Å². The third-order valence-corrected chi connectivity index (χ3v) is 3.93. The maximum absolute atomic E-state index is 11.9. The molecule has 0 saturated heterocycles. The first kappa shape index (κ1) is 12.4. The number of hydrogen-bond acceptors (Lipinski definition) is 3. The summed E-state index contributed by atoms with van der Waals surface area (Å²) in [6.07, 6.45) is 2.85. The second-order valence-electron chi connectivity index (χ2n) is 3.87. The molecule has 1 heterocycles. The van der Waals surface area contributed by atoms with Crippen LogP contribution in [0, 0.1) is 0 Å². The number of carbonyl (C=O) groups is 1. The van der Waals surface area contributed by atoms with Crippen molar-refractivity contribution in [3.05, 3.63) is 22.4 Å². The van der Waals surface area contributed by atoms with Crippen LogP contribution in [0.3, 0.4) is 0 Å². The Morgan fingerprint density at radius 3 is 2.60 bits per heavy atom. The van der Waals surface area contributed by atoms with E-state index in [0.29, 0.717) is 6.42 Å². The lowest BCUT2D eigenvalue weighted by molar-refractivity contribution is -0.124. The van der Waals surface area contributed by atoms with Crippen molar-refractivity contribution < 1.29 is 4.79 Å². The molecule has 0 bridgehead atoms. The maximum Gasteiger partial charge on any atom is 0.152 e. The van der Waals surface area contributed by atoms with E-state index in [1.807, 2.05) is 25.3 Å². The monoisotopic (exact) mass is 225 g/mol. The largest absolute Gasteiger partial charge is 0.319 e. The van der Waals surface area contributed by atoms with Crippen molar-refractivity contribution in [2.75, 3.05) is 0 Å². The zero-order valence-corrected chi connectivity index (χ0v) is 10.3. The van der Waals surface area contributed by atoms with Crippen LogP contribution in [0.4, 0.5) is 0 Å². The van der Waals surface area contributed by atoms with Crippen molar-refractivity contribution in [1.29, 1.82) is 0 Å². The first-order chi connectivity index (χ1) is 7.12. The van der Waals surface area contributed by atoms with Crippen LogP contribution in [0.1, 0.15) is 38.0 Å². The minimum atomic E-state index is -0.600. The lowest BCUT2D eigenvalue weighted by Crippen LogP contribution is -2.46. The molecule has 84 valence electrons. The number of Topliss-reactive ketones (excluding diaryl/α,β-unsaturated/α-hetero) is 1. The van der Waals surface area contributed by atoms with E-state index in [0.717, 1.165) is 19.3 Å². The summed E-state index contributed by atoms with van der Waals surface area (Å²) in [7, 11) is 0. The van der Waals surface area contributed by atoms with Crippen molar-refractivity contribution in [2.45, 2.75) is 45.1 Å². The van der Waals surface area contributed by atoms with Crippen LogP contribution in [0.2, 0.25) is 0 Å². The van der Waals surface area contributed by atoms with Gasteiger partial charge in [-0.3, -0.25) is 4.79 Å². The Kier molecular flexibility index (Phi) is 4.48. The Bertz CT molecular complexity index is 301. The van der Waals surface area contributed by atoms with Gasteiger partial charge < -0.3 is 5.73 Å². The average molecular weight is 225 g/mol. The third-order valence-electron chi connectivity index (χ3n) is 3.00. The normalized spacial score (nSPS) is 11.7. The van der Waals surface area contributed by atoms with E-state index in [1.54, 1.807) is 11.3 Å². The summed E-state index contributed by atoms with van der Waals surface area (Å²) in [5.74, 6) is 0.195. The predicted molar refractivity (Wildman–Crippen MR) is 65.1 cm³/mol. The van der Waals surface area contributed by atoms with Gasteiger partial charge in [0.1, 0.15) is 0 Å². The van der Waals surface area contributed by atoms with Crippen LogP contribution < -0.4 is 5.73 Å². The highest BCUT2D eigenvalue weighted by Gasteiger charge is 2.28. The Hall–Kier alpha value is -0.670. The molecule has 2 N–H and O–H groups in total. The summed E-state index contributed by atoms with van der Waals surface area (Å²) in [5, 5.41) is 2.04. The molecule has 0 aliphatic heterocycles. The zero-order chi connectivity index (χ0) is 11.3. The van der Waals surface area contributed by atoms with Gasteiger partial charge in [0.25, 0.3) is 0 Å². The molecular weight excluding hydrogens is 206 g/mol. The molecule has 0 fully saturated rings. The number of carbonyl (C=O) groups excluding carboxylic acids is 1. The zero-order valence-electron chi connectivity index (χ0n) is 9.45. The highest BCUT2D eigenvalue weighted by atomic mass is 32.1. The standard InChI is InChI=1S/C12H19NOS/c1-3-12(13,4-2)11(14)8-7-10-6-5-9-15-10/h5-6,9H,3-4,7-8,13H2,1-2H3. The molecular formula is C12H19NOS. The summed E-state index contributed by atoms with van der Waals surface area (Å²) < 4.78 is 0. The van der Waals surface area contributed by atoms with Crippen LogP contribution >= 0.6 is 11.3 Å². The number of hydrogen-bond donors (Lipinski definition) is 1. The molecule has 0 saturated carbocycles. The second-order valence-corrected chi connectivity index (χ2v) is 4.90. The van der Waals surface area contributed by atoms with Crippen LogP contribution in [-0.4, -0.2) is 11.3 Å². The van der Waals surface area contributed by atoms with Crippen LogP contribution in [-0.2, 0) is 11.2 Å². The summed E-state index contributed by atoms with van der Waals surface area (Å²) in [6, 6.07) is 4.08. The smallest absolute Gasteiger partial charge is 0.152 e. The summed E-state index contributed by atoms with van der Waals surface area (Å²) in [5.41, 5.74) is 5.43. The fourth-order valence-corrected chi connectivity index (χ4v) is 2.29. The van der Waals surface area contributed by atoms with Gasteiger partial charge >= 0.3 is 0 Å². The summed E-state index contributed by atoms with van der Waals surface area (Å²) in [6.45, 7) is 3.96. The molecule has 0 radical (unpaired) electrons. The molecule has 2 nitrogen and oxygen atoms in total. The Balaban J connectivity index is 2.48. The van der Waals surface area contributed by atoms with Crippen molar-refractivity contribution in [3.63, 3.8) is 0 Å². The molecule has 0 aromatic carbocycles. The topological polar surface area (TPSA) is 43.1 Å². The fraction of sp³-hybridized carbons (Fsp3) is 0.583. The van der Waals surface area contributed by atoms with Gasteiger partial charge in [0, 0.05) is 11.3 Å². The van der Waals surface area contributed by atoms with Crippen molar-refractivity contribution in [3.8, 4) is 0 Å². The van der Waals surface area contributed by atoms with E-state index in [9.17, 15) is 4.79 Å². The molecule has 0 atom stereocenters. The van der Waals surface area contributed by atoms with E-state index in [1.165, 1.54) is 4.88 Å². The lowest BCUT2D eigenvalue weighted by atomic mass is 9.87. The van der Waals surface area contributed by atoms with Gasteiger partial charge in [0.2, 0.25) is 0 Å². The van der Waals surface area contributed by atoms with Crippen LogP contribution in [0.25, 0.3) is 0 Å². The second kappa shape index (κ2) is 5.42. The fourth-order valence-electron chi connectivity index (χ4n) is 1.58. The first-order valence-corrected chi connectivity index (χ1v) is 6.35. The molecule has 0 aliphatic rings. The Morgan fingerprint density at radius 1 is 1.47 bits per heavy atom. The predicted octanol–water partition coefficient (Wildman–Crippen LogP) is 2.77. The van der Waals surface area contributed by atoms with E-state index < -0.39 is 5.54 Å². The average Bonchev–Trinajstić information content (AvgIpc) is 2.77. The minimum absolute atomic E-state index is 0.195. The molecule has 1 aromatic heterocycles. The quantitative estimate of drug-likeness (QED) is 0.809. The summed E-state index contributed by atoms with van der Waals surface area (Å²) in [4.78, 5) is 13.2. The Labute approximate surface area is 95.5 Å². The van der Waals surface area contributed by atoms with E-state index in [-0.39, 0.29) is 5.78 Å². The number of nitrogens with two attached hydrogens (primary N) is 1. The molecule has 0 spiro atoms. The van der Waals surface area contributed by atoms with E-state index in [4.69, 9.17) is 5.73 Å². The molecule has 1 rings (SSSR count). The number of aryl methyl sites for hydroxylation is 1. The maximum atomic E-state index is 11.9. The SMILES string of the molecule is CCC(N)(CC)C(=O)CCc1cccs1. The summed E-state index contributed by atoms with van der Waals surface area (Å²) >= 11 is 1.70.